The maximum atomic E-state index is 14.6. The zero-order valence-corrected chi connectivity index (χ0v) is 25.2. The maximum Gasteiger partial charge on any atom is 0.154 e. The van der Waals surface area contributed by atoms with Gasteiger partial charge < -0.3 is 15.1 Å². The molecule has 2 unspecified atom stereocenters. The van der Waals surface area contributed by atoms with E-state index >= 15 is 0 Å². The molecule has 5 rings (SSSR count). The summed E-state index contributed by atoms with van der Waals surface area (Å²) in [5.41, 5.74) is 4.17. The van der Waals surface area contributed by atoms with Gasteiger partial charge in [0.25, 0.3) is 0 Å². The van der Waals surface area contributed by atoms with E-state index in [9.17, 15) is 9.18 Å². The standard InChI is InChI=1S/C34H47ClFN3O/c1-25-10-11-27(22-26(25)2)34(15-21-38-19-12-28(13-20-38)39-17-4-3-5-18-39)14-7-16-37-32(24-34)33(40)23-29-30(35)8-6-9-31(29)36/h6,8-11,22,28,32,37H,3-5,7,12-21,23-24H2,1-2H3. The van der Waals surface area contributed by atoms with Gasteiger partial charge >= 0.3 is 0 Å². The Balaban J connectivity index is 1.32. The van der Waals surface area contributed by atoms with Gasteiger partial charge in [-0.25, -0.2) is 4.39 Å². The number of hydrogen-bond acceptors (Lipinski definition) is 4. The molecule has 2 aromatic rings. The highest BCUT2D eigenvalue weighted by Gasteiger charge is 2.39. The van der Waals surface area contributed by atoms with Crippen LogP contribution in [0.5, 0.6) is 0 Å². The van der Waals surface area contributed by atoms with E-state index < -0.39 is 5.82 Å². The molecule has 218 valence electrons. The second-order valence-electron chi connectivity index (χ2n) is 12.7. The Morgan fingerprint density at radius 1 is 1.02 bits per heavy atom. The molecule has 0 amide bonds. The Morgan fingerprint density at radius 3 is 2.52 bits per heavy atom. The molecule has 2 atom stereocenters. The number of aryl methyl sites for hydroxylation is 2. The average Bonchev–Trinajstić information content (AvgIpc) is 3.20. The number of rotatable bonds is 8. The van der Waals surface area contributed by atoms with Crippen molar-refractivity contribution in [1.29, 1.82) is 0 Å². The maximum absolute atomic E-state index is 14.6. The molecule has 3 aliphatic heterocycles. The number of likely N-dealkylation sites (tertiary alicyclic amines) is 2. The summed E-state index contributed by atoms with van der Waals surface area (Å²) in [7, 11) is 0. The predicted molar refractivity (Wildman–Crippen MR) is 163 cm³/mol. The third kappa shape index (κ3) is 6.98. The minimum atomic E-state index is -0.400. The smallest absolute Gasteiger partial charge is 0.154 e. The van der Waals surface area contributed by atoms with E-state index in [1.54, 1.807) is 12.1 Å². The molecule has 0 saturated carbocycles. The first kappa shape index (κ1) is 29.7. The first-order valence-corrected chi connectivity index (χ1v) is 16.0. The van der Waals surface area contributed by atoms with E-state index in [1.165, 1.54) is 68.0 Å². The molecule has 4 nitrogen and oxygen atoms in total. The number of benzene rings is 2. The van der Waals surface area contributed by atoms with E-state index in [4.69, 9.17) is 11.6 Å². The third-order valence-corrected chi connectivity index (χ3v) is 10.5. The Labute approximate surface area is 245 Å². The molecule has 0 aromatic heterocycles. The van der Waals surface area contributed by atoms with Crippen molar-refractivity contribution in [3.63, 3.8) is 0 Å². The fourth-order valence-electron chi connectivity index (χ4n) is 7.36. The lowest BCUT2D eigenvalue weighted by atomic mass is 9.69. The summed E-state index contributed by atoms with van der Waals surface area (Å²) in [5.74, 6) is -0.368. The van der Waals surface area contributed by atoms with Crippen molar-refractivity contribution in [2.45, 2.75) is 95.6 Å². The molecular formula is C34H47ClFN3O. The number of nitrogens with zero attached hydrogens (tertiary/aromatic N) is 2. The molecule has 3 aliphatic rings. The number of halogens is 2. The van der Waals surface area contributed by atoms with Crippen molar-refractivity contribution in [2.24, 2.45) is 0 Å². The molecular weight excluding hydrogens is 521 g/mol. The summed E-state index contributed by atoms with van der Waals surface area (Å²) in [6, 6.07) is 12.0. The number of nitrogens with one attached hydrogen (secondary N) is 1. The van der Waals surface area contributed by atoms with Crippen LogP contribution in [0.4, 0.5) is 4.39 Å². The summed E-state index contributed by atoms with van der Waals surface area (Å²) in [4.78, 5) is 19.1. The van der Waals surface area contributed by atoms with Gasteiger partial charge in [0.05, 0.1) is 6.04 Å². The van der Waals surface area contributed by atoms with E-state index in [-0.39, 0.29) is 23.7 Å². The van der Waals surface area contributed by atoms with Gasteiger partial charge in [-0.15, -0.1) is 0 Å². The predicted octanol–water partition coefficient (Wildman–Crippen LogP) is 6.63. The zero-order valence-electron chi connectivity index (χ0n) is 24.5. The minimum Gasteiger partial charge on any atom is -0.307 e. The third-order valence-electron chi connectivity index (χ3n) is 10.1. The number of hydrogen-bond donors (Lipinski definition) is 1. The quantitative estimate of drug-likeness (QED) is 0.388. The Kier molecular flexibility index (Phi) is 9.99. The van der Waals surface area contributed by atoms with Crippen molar-refractivity contribution < 1.29 is 9.18 Å². The molecule has 3 heterocycles. The van der Waals surface area contributed by atoms with E-state index in [0.717, 1.165) is 57.9 Å². The Bertz CT molecular complexity index is 1140. The fourth-order valence-corrected chi connectivity index (χ4v) is 7.59. The monoisotopic (exact) mass is 567 g/mol. The normalized spacial score (nSPS) is 25.6. The van der Waals surface area contributed by atoms with Crippen LogP contribution in [0.15, 0.2) is 36.4 Å². The SMILES string of the molecule is Cc1ccc(C2(CCN3CCC(N4CCCCC4)CC3)CCCNC(C(=O)Cc3c(F)cccc3Cl)C2)cc1C. The van der Waals surface area contributed by atoms with Crippen molar-refractivity contribution in [3.05, 3.63) is 69.5 Å². The van der Waals surface area contributed by atoms with Crippen LogP contribution in [0.3, 0.4) is 0 Å². The molecule has 1 N–H and O–H groups in total. The topological polar surface area (TPSA) is 35.6 Å². The Morgan fingerprint density at radius 2 is 1.80 bits per heavy atom. The molecule has 40 heavy (non-hydrogen) atoms. The number of Topliss-reactive ketones (excluding diaryl/α,β-unsaturated/α-hetero) is 1. The highest BCUT2D eigenvalue weighted by molar-refractivity contribution is 6.31. The number of carbonyl (C=O) groups excluding carboxylic acids is 1. The minimum absolute atomic E-state index is 0.0240. The molecule has 0 radical (unpaired) electrons. The lowest BCUT2D eigenvalue weighted by Crippen LogP contribution is -2.48. The van der Waals surface area contributed by atoms with Crippen LogP contribution in [0.2, 0.25) is 5.02 Å². The van der Waals surface area contributed by atoms with Gasteiger partial charge in [0.15, 0.2) is 5.78 Å². The lowest BCUT2D eigenvalue weighted by Gasteiger charge is -2.42. The van der Waals surface area contributed by atoms with Crippen LogP contribution in [-0.2, 0) is 16.6 Å². The highest BCUT2D eigenvalue weighted by atomic mass is 35.5. The van der Waals surface area contributed by atoms with Crippen LogP contribution < -0.4 is 5.32 Å². The van der Waals surface area contributed by atoms with Crippen molar-refractivity contribution in [1.82, 2.24) is 15.1 Å². The summed E-state index contributed by atoms with van der Waals surface area (Å²) < 4.78 is 14.6. The summed E-state index contributed by atoms with van der Waals surface area (Å²) in [5, 5.41) is 3.87. The van der Waals surface area contributed by atoms with Gasteiger partial charge in [-0.05, 0) is 139 Å². The Hall–Kier alpha value is -1.79. The molecule has 0 bridgehead atoms. The van der Waals surface area contributed by atoms with Crippen molar-refractivity contribution in [3.8, 4) is 0 Å². The largest absolute Gasteiger partial charge is 0.307 e. The fraction of sp³-hybridized carbons (Fsp3) is 0.618. The summed E-state index contributed by atoms with van der Waals surface area (Å²) >= 11 is 6.30. The molecule has 3 saturated heterocycles. The molecule has 0 aliphatic carbocycles. The van der Waals surface area contributed by atoms with Crippen LogP contribution in [0.25, 0.3) is 0 Å². The van der Waals surface area contributed by atoms with Crippen LogP contribution in [0, 0.1) is 19.7 Å². The summed E-state index contributed by atoms with van der Waals surface area (Å²) in [6.07, 6.45) is 10.5. The van der Waals surface area contributed by atoms with Crippen LogP contribution >= 0.6 is 11.6 Å². The van der Waals surface area contributed by atoms with E-state index in [0.29, 0.717) is 10.6 Å². The van der Waals surface area contributed by atoms with Crippen LogP contribution in [0.1, 0.15) is 80.0 Å². The van der Waals surface area contributed by atoms with Gasteiger partial charge in [-0.2, -0.15) is 0 Å². The number of ketones is 1. The van der Waals surface area contributed by atoms with Gasteiger partial charge in [0.1, 0.15) is 5.82 Å². The van der Waals surface area contributed by atoms with Gasteiger partial charge in [0, 0.05) is 23.0 Å². The lowest BCUT2D eigenvalue weighted by molar-refractivity contribution is -0.120. The number of carbonyl (C=O) groups is 1. The molecule has 0 spiro atoms. The van der Waals surface area contributed by atoms with Crippen LogP contribution in [-0.4, -0.2) is 66.9 Å². The number of piperidine rings is 2. The zero-order chi connectivity index (χ0) is 28.1. The molecule has 3 fully saturated rings. The average molecular weight is 568 g/mol. The highest BCUT2D eigenvalue weighted by Crippen LogP contribution is 2.41. The first-order valence-electron chi connectivity index (χ1n) is 15.6. The molecule has 6 heteroatoms. The van der Waals surface area contributed by atoms with E-state index in [2.05, 4.69) is 47.2 Å². The second-order valence-corrected chi connectivity index (χ2v) is 13.1. The first-order chi connectivity index (χ1) is 19.3. The van der Waals surface area contributed by atoms with Gasteiger partial charge in [-0.1, -0.05) is 42.3 Å². The van der Waals surface area contributed by atoms with Gasteiger partial charge in [-0.3, -0.25) is 4.79 Å². The van der Waals surface area contributed by atoms with Crippen molar-refractivity contribution >= 4 is 17.4 Å². The van der Waals surface area contributed by atoms with E-state index in [1.807, 2.05) is 0 Å². The summed E-state index contributed by atoms with van der Waals surface area (Å²) in [6.45, 7) is 11.1. The van der Waals surface area contributed by atoms with Gasteiger partial charge in [0.2, 0.25) is 0 Å². The van der Waals surface area contributed by atoms with Crippen molar-refractivity contribution in [2.75, 3.05) is 39.3 Å². The second kappa shape index (κ2) is 13.5. The molecule has 2 aromatic carbocycles.